The second kappa shape index (κ2) is 9.50. The van der Waals surface area contributed by atoms with Gasteiger partial charge in [-0.1, -0.05) is 45.9 Å². The predicted octanol–water partition coefficient (Wildman–Crippen LogP) is 4.57. The van der Waals surface area contributed by atoms with Crippen LogP contribution < -0.4 is 5.32 Å². The lowest BCUT2D eigenvalue weighted by Crippen LogP contribution is -2.33. The van der Waals surface area contributed by atoms with Gasteiger partial charge in [0.15, 0.2) is 0 Å². The minimum Gasteiger partial charge on any atom is -0.384 e. The highest BCUT2D eigenvalue weighted by Crippen LogP contribution is 2.27. The molecule has 0 aliphatic carbocycles. The van der Waals surface area contributed by atoms with E-state index in [4.69, 9.17) is 0 Å². The van der Waals surface area contributed by atoms with E-state index in [1.54, 1.807) is 0 Å². The van der Waals surface area contributed by atoms with Gasteiger partial charge in [-0.2, -0.15) is 0 Å². The molecule has 0 spiro atoms. The molecule has 1 amide bonds. The molecular weight excluding hydrogens is 272 g/mol. The van der Waals surface area contributed by atoms with Crippen molar-refractivity contribution in [1.82, 2.24) is 4.90 Å². The Morgan fingerprint density at radius 3 is 2.36 bits per heavy atom. The topological polar surface area (TPSA) is 32.3 Å². The molecule has 0 aliphatic heterocycles. The Bertz CT molecular complexity index is 463. The number of hydrogen-bond donors (Lipinski definition) is 1. The summed E-state index contributed by atoms with van der Waals surface area (Å²) in [6.07, 6.45) is 2.61. The van der Waals surface area contributed by atoms with Crippen molar-refractivity contribution in [2.75, 3.05) is 25.0 Å². The Kier molecular flexibility index (Phi) is 8.00. The summed E-state index contributed by atoms with van der Waals surface area (Å²) in [5.41, 5.74) is 3.77. The maximum atomic E-state index is 12.3. The smallest absolute Gasteiger partial charge is 0.224 e. The summed E-state index contributed by atoms with van der Waals surface area (Å²) >= 11 is 0. The van der Waals surface area contributed by atoms with Crippen LogP contribution in [0.25, 0.3) is 0 Å². The fourth-order valence-electron chi connectivity index (χ4n) is 2.77. The first kappa shape index (κ1) is 18.5. The zero-order valence-corrected chi connectivity index (χ0v) is 14.9. The number of para-hydroxylation sites is 1. The average molecular weight is 304 g/mol. The van der Waals surface area contributed by atoms with Crippen LogP contribution in [0.15, 0.2) is 18.2 Å². The molecule has 1 N–H and O–H groups in total. The van der Waals surface area contributed by atoms with Gasteiger partial charge in [-0.25, -0.2) is 0 Å². The summed E-state index contributed by atoms with van der Waals surface area (Å²) < 4.78 is 0. The lowest BCUT2D eigenvalue weighted by atomic mass is 9.98. The lowest BCUT2D eigenvalue weighted by molar-refractivity contribution is -0.131. The fourth-order valence-corrected chi connectivity index (χ4v) is 2.77. The van der Waals surface area contributed by atoms with E-state index >= 15 is 0 Å². The van der Waals surface area contributed by atoms with Crippen LogP contribution in [0.2, 0.25) is 0 Å². The van der Waals surface area contributed by atoms with Crippen molar-refractivity contribution in [3.05, 3.63) is 29.3 Å². The SMILES string of the molecule is CCCN(CCC)C(=O)CCNc1c(C)cccc1C(C)C. The number of nitrogens with one attached hydrogen (secondary N) is 1. The molecule has 0 fully saturated rings. The number of carbonyl (C=O) groups excluding carboxylic acids is 1. The summed E-state index contributed by atoms with van der Waals surface area (Å²) in [7, 11) is 0. The Balaban J connectivity index is 2.62. The average Bonchev–Trinajstić information content (AvgIpc) is 2.48. The number of carbonyl (C=O) groups is 1. The third kappa shape index (κ3) is 5.36. The largest absolute Gasteiger partial charge is 0.384 e. The first-order chi connectivity index (χ1) is 10.5. The van der Waals surface area contributed by atoms with Crippen LogP contribution in [-0.4, -0.2) is 30.4 Å². The number of benzene rings is 1. The quantitative estimate of drug-likeness (QED) is 0.725. The Morgan fingerprint density at radius 2 is 1.82 bits per heavy atom. The number of hydrogen-bond acceptors (Lipinski definition) is 2. The van der Waals surface area contributed by atoms with Gasteiger partial charge in [-0.3, -0.25) is 4.79 Å². The van der Waals surface area contributed by atoms with Gasteiger partial charge in [0.05, 0.1) is 0 Å². The van der Waals surface area contributed by atoms with Crippen LogP contribution in [0, 0.1) is 6.92 Å². The number of anilines is 1. The van der Waals surface area contributed by atoms with Crippen molar-refractivity contribution in [3.63, 3.8) is 0 Å². The number of aryl methyl sites for hydroxylation is 1. The Hall–Kier alpha value is -1.51. The summed E-state index contributed by atoms with van der Waals surface area (Å²) in [4.78, 5) is 14.3. The summed E-state index contributed by atoms with van der Waals surface area (Å²) in [6.45, 7) is 13.2. The molecule has 1 aromatic carbocycles. The molecule has 0 aromatic heterocycles. The predicted molar refractivity (Wildman–Crippen MR) is 95.5 cm³/mol. The third-order valence-electron chi connectivity index (χ3n) is 3.91. The van der Waals surface area contributed by atoms with Crippen molar-refractivity contribution in [1.29, 1.82) is 0 Å². The fraction of sp³-hybridized carbons (Fsp3) is 0.632. The van der Waals surface area contributed by atoms with Crippen LogP contribution in [-0.2, 0) is 4.79 Å². The standard InChI is InChI=1S/C19H32N2O/c1-6-13-21(14-7-2)18(22)11-12-20-19-16(5)9-8-10-17(19)15(3)4/h8-10,15,20H,6-7,11-14H2,1-5H3. The van der Waals surface area contributed by atoms with Crippen molar-refractivity contribution in [2.24, 2.45) is 0 Å². The molecule has 124 valence electrons. The molecule has 1 rings (SSSR count). The van der Waals surface area contributed by atoms with Gasteiger partial charge in [0, 0.05) is 31.7 Å². The van der Waals surface area contributed by atoms with Gasteiger partial charge in [0.1, 0.15) is 0 Å². The van der Waals surface area contributed by atoms with Crippen molar-refractivity contribution in [3.8, 4) is 0 Å². The zero-order valence-electron chi connectivity index (χ0n) is 14.9. The molecule has 3 nitrogen and oxygen atoms in total. The minimum atomic E-state index is 0.260. The van der Waals surface area contributed by atoms with Crippen molar-refractivity contribution >= 4 is 11.6 Å². The van der Waals surface area contributed by atoms with Crippen LogP contribution in [0.3, 0.4) is 0 Å². The van der Waals surface area contributed by atoms with Gasteiger partial charge in [0.25, 0.3) is 0 Å². The number of rotatable bonds is 9. The van der Waals surface area contributed by atoms with E-state index in [1.807, 2.05) is 4.90 Å². The van der Waals surface area contributed by atoms with Gasteiger partial charge < -0.3 is 10.2 Å². The normalized spacial score (nSPS) is 10.8. The molecular formula is C19H32N2O. The molecule has 0 unspecified atom stereocenters. The highest BCUT2D eigenvalue weighted by Gasteiger charge is 2.13. The monoisotopic (exact) mass is 304 g/mol. The third-order valence-corrected chi connectivity index (χ3v) is 3.91. The highest BCUT2D eigenvalue weighted by molar-refractivity contribution is 5.76. The van der Waals surface area contributed by atoms with E-state index in [9.17, 15) is 4.79 Å². The second-order valence-electron chi connectivity index (χ2n) is 6.25. The van der Waals surface area contributed by atoms with Gasteiger partial charge >= 0.3 is 0 Å². The van der Waals surface area contributed by atoms with Gasteiger partial charge in [-0.15, -0.1) is 0 Å². The number of amides is 1. The minimum absolute atomic E-state index is 0.260. The zero-order chi connectivity index (χ0) is 16.5. The van der Waals surface area contributed by atoms with Crippen molar-refractivity contribution in [2.45, 2.75) is 59.8 Å². The van der Waals surface area contributed by atoms with Gasteiger partial charge in [-0.05, 0) is 36.8 Å². The van der Waals surface area contributed by atoms with Crippen LogP contribution in [0.4, 0.5) is 5.69 Å². The van der Waals surface area contributed by atoms with E-state index < -0.39 is 0 Å². The summed E-state index contributed by atoms with van der Waals surface area (Å²) in [5, 5.41) is 3.49. The Labute approximate surface area is 136 Å². The molecule has 0 radical (unpaired) electrons. The van der Waals surface area contributed by atoms with Crippen molar-refractivity contribution < 1.29 is 4.79 Å². The molecule has 3 heteroatoms. The van der Waals surface area contributed by atoms with Crippen LogP contribution >= 0.6 is 0 Å². The maximum Gasteiger partial charge on any atom is 0.224 e. The van der Waals surface area contributed by atoms with E-state index in [0.717, 1.165) is 25.9 Å². The van der Waals surface area contributed by atoms with Gasteiger partial charge in [0.2, 0.25) is 5.91 Å². The summed E-state index contributed by atoms with van der Waals surface area (Å²) in [6, 6.07) is 6.39. The molecule has 0 saturated carbocycles. The van der Waals surface area contributed by atoms with Crippen LogP contribution in [0.5, 0.6) is 0 Å². The number of nitrogens with zero attached hydrogens (tertiary/aromatic N) is 1. The van der Waals surface area contributed by atoms with E-state index in [-0.39, 0.29) is 5.91 Å². The second-order valence-corrected chi connectivity index (χ2v) is 6.25. The highest BCUT2D eigenvalue weighted by atomic mass is 16.2. The van der Waals surface area contributed by atoms with E-state index in [2.05, 4.69) is 58.1 Å². The molecule has 1 aromatic rings. The summed E-state index contributed by atoms with van der Waals surface area (Å²) in [5.74, 6) is 0.741. The van der Waals surface area contributed by atoms with E-state index in [0.29, 0.717) is 18.9 Å². The maximum absolute atomic E-state index is 12.3. The lowest BCUT2D eigenvalue weighted by Gasteiger charge is -2.22. The Morgan fingerprint density at radius 1 is 1.18 bits per heavy atom. The molecule has 22 heavy (non-hydrogen) atoms. The molecule has 0 bridgehead atoms. The first-order valence-electron chi connectivity index (χ1n) is 8.62. The molecule has 0 atom stereocenters. The molecule has 0 saturated heterocycles. The van der Waals surface area contributed by atoms with E-state index in [1.165, 1.54) is 16.8 Å². The van der Waals surface area contributed by atoms with Crippen LogP contribution in [0.1, 0.15) is 64.0 Å². The molecule has 0 aliphatic rings. The first-order valence-corrected chi connectivity index (χ1v) is 8.62. The molecule has 0 heterocycles.